The van der Waals surface area contributed by atoms with E-state index < -0.39 is 6.10 Å². The van der Waals surface area contributed by atoms with E-state index in [4.69, 9.17) is 9.47 Å². The molecule has 0 aliphatic rings. The van der Waals surface area contributed by atoms with Gasteiger partial charge >= 0.3 is 5.97 Å². The molecule has 0 aliphatic carbocycles. The lowest BCUT2D eigenvalue weighted by Crippen LogP contribution is -2.27. The molecular formula is C55H102O4. The Labute approximate surface area is 369 Å². The summed E-state index contributed by atoms with van der Waals surface area (Å²) in [6.45, 7) is 5.36. The van der Waals surface area contributed by atoms with E-state index in [9.17, 15) is 9.90 Å². The highest BCUT2D eigenvalue weighted by atomic mass is 16.6. The predicted octanol–water partition coefficient (Wildman–Crippen LogP) is 17.8. The number of unbranched alkanes of at least 4 members (excludes halogenated alkanes) is 33. The Hall–Kier alpha value is -1.65. The summed E-state index contributed by atoms with van der Waals surface area (Å²) in [6, 6.07) is 0. The minimum atomic E-state index is -0.538. The second-order valence-electron chi connectivity index (χ2n) is 17.6. The third-order valence-electron chi connectivity index (χ3n) is 11.6. The number of carbonyl (C=O) groups is 1. The third kappa shape index (κ3) is 50.6. The van der Waals surface area contributed by atoms with Crippen molar-refractivity contribution in [2.75, 3.05) is 19.8 Å². The molecule has 0 heterocycles. The van der Waals surface area contributed by atoms with Gasteiger partial charge in [0.2, 0.25) is 0 Å². The molecule has 0 saturated heterocycles. The average molecular weight is 827 g/mol. The van der Waals surface area contributed by atoms with E-state index in [-0.39, 0.29) is 12.6 Å². The van der Waals surface area contributed by atoms with Gasteiger partial charge in [0.05, 0.1) is 13.2 Å². The number of ether oxygens (including phenoxy) is 2. The number of hydrogen-bond donors (Lipinski definition) is 1. The van der Waals surface area contributed by atoms with Crippen LogP contribution in [0.4, 0.5) is 0 Å². The summed E-state index contributed by atoms with van der Waals surface area (Å²) in [6.07, 6.45) is 69.2. The third-order valence-corrected chi connectivity index (χ3v) is 11.6. The molecule has 0 saturated carbocycles. The fraction of sp³-hybridized carbons (Fsp3) is 0.836. The Morgan fingerprint density at radius 3 is 1.08 bits per heavy atom. The van der Waals surface area contributed by atoms with Crippen molar-refractivity contribution in [3.8, 4) is 0 Å². The standard InChI is InChI=1S/C55H102O4/c1-3-5-7-9-11-13-15-17-19-21-23-25-26-27-28-29-31-33-35-37-39-41-43-45-47-49-51-58-53-54(52-56)59-55(57)50-48-46-44-42-40-38-36-34-32-30-24-22-20-18-16-14-12-10-8-6-4-2/h15,17,21-24,26-27,54,56H,3-14,16,18-20,25,28-53H2,1-2H3/b17-15-,23-21-,24-22-,27-26-. The first kappa shape index (κ1) is 57.3. The highest BCUT2D eigenvalue weighted by Crippen LogP contribution is 2.15. The van der Waals surface area contributed by atoms with Crippen molar-refractivity contribution in [3.63, 3.8) is 0 Å². The van der Waals surface area contributed by atoms with E-state index >= 15 is 0 Å². The molecule has 0 bridgehead atoms. The van der Waals surface area contributed by atoms with Crippen LogP contribution >= 0.6 is 0 Å². The first-order chi connectivity index (χ1) is 29.2. The Morgan fingerprint density at radius 2 is 0.712 bits per heavy atom. The SMILES string of the molecule is CCCCCCC/C=C\C/C=C\C/C=C\CCCCCCCCCCCCCOCC(CO)OC(=O)CCCCCCCCCCC/C=C\CCCCCCCCCC. The lowest BCUT2D eigenvalue weighted by atomic mass is 10.1. The van der Waals surface area contributed by atoms with E-state index in [1.807, 2.05) is 0 Å². The van der Waals surface area contributed by atoms with E-state index in [1.54, 1.807) is 0 Å². The van der Waals surface area contributed by atoms with Crippen molar-refractivity contribution in [2.24, 2.45) is 0 Å². The normalized spacial score (nSPS) is 12.7. The Bertz CT molecular complexity index is 920. The zero-order valence-corrected chi connectivity index (χ0v) is 39.8. The molecule has 1 atom stereocenters. The first-order valence-electron chi connectivity index (χ1n) is 26.2. The maximum atomic E-state index is 12.3. The molecule has 0 aromatic carbocycles. The molecule has 0 fully saturated rings. The van der Waals surface area contributed by atoms with Crippen molar-refractivity contribution in [3.05, 3.63) is 48.6 Å². The number of rotatable bonds is 49. The first-order valence-corrected chi connectivity index (χ1v) is 26.2. The summed E-state index contributed by atoms with van der Waals surface area (Å²) in [4.78, 5) is 12.3. The van der Waals surface area contributed by atoms with Gasteiger partial charge < -0.3 is 14.6 Å². The van der Waals surface area contributed by atoms with Crippen LogP contribution in [0, 0.1) is 0 Å². The molecule has 59 heavy (non-hydrogen) atoms. The fourth-order valence-electron chi connectivity index (χ4n) is 7.69. The van der Waals surface area contributed by atoms with Crippen molar-refractivity contribution >= 4 is 5.97 Å². The van der Waals surface area contributed by atoms with Crippen molar-refractivity contribution in [1.82, 2.24) is 0 Å². The number of allylic oxidation sites excluding steroid dienone is 8. The molecule has 0 radical (unpaired) electrons. The zero-order chi connectivity index (χ0) is 42.6. The maximum absolute atomic E-state index is 12.3. The van der Waals surface area contributed by atoms with Crippen molar-refractivity contribution in [1.29, 1.82) is 0 Å². The van der Waals surface area contributed by atoms with Crippen LogP contribution in [0.5, 0.6) is 0 Å². The number of aliphatic hydroxyl groups excluding tert-OH is 1. The van der Waals surface area contributed by atoms with Crippen LogP contribution in [0.1, 0.15) is 271 Å². The van der Waals surface area contributed by atoms with Gasteiger partial charge in [0.1, 0.15) is 6.10 Å². The summed E-state index contributed by atoms with van der Waals surface area (Å²) in [5, 5.41) is 9.66. The molecule has 4 heteroatoms. The molecule has 0 rings (SSSR count). The smallest absolute Gasteiger partial charge is 0.306 e. The number of esters is 1. The zero-order valence-electron chi connectivity index (χ0n) is 39.8. The van der Waals surface area contributed by atoms with Gasteiger partial charge in [0, 0.05) is 13.0 Å². The van der Waals surface area contributed by atoms with Gasteiger partial charge in [-0.1, -0.05) is 236 Å². The van der Waals surface area contributed by atoms with Crippen LogP contribution in [0.15, 0.2) is 48.6 Å². The van der Waals surface area contributed by atoms with Gasteiger partial charge in [-0.2, -0.15) is 0 Å². The largest absolute Gasteiger partial charge is 0.457 e. The molecular weight excluding hydrogens is 725 g/mol. The molecule has 1 unspecified atom stereocenters. The van der Waals surface area contributed by atoms with Crippen LogP contribution in [-0.4, -0.2) is 37.0 Å². The minimum Gasteiger partial charge on any atom is -0.457 e. The van der Waals surface area contributed by atoms with Gasteiger partial charge in [-0.05, 0) is 77.0 Å². The summed E-state index contributed by atoms with van der Waals surface area (Å²) >= 11 is 0. The van der Waals surface area contributed by atoms with Crippen LogP contribution in [0.25, 0.3) is 0 Å². The lowest BCUT2D eigenvalue weighted by Gasteiger charge is -2.16. The highest BCUT2D eigenvalue weighted by molar-refractivity contribution is 5.69. The quantitative estimate of drug-likeness (QED) is 0.0377. The Balaban J connectivity index is 3.41. The molecule has 1 N–H and O–H groups in total. The maximum Gasteiger partial charge on any atom is 0.306 e. The van der Waals surface area contributed by atoms with Gasteiger partial charge in [0.15, 0.2) is 0 Å². The summed E-state index contributed by atoms with van der Waals surface area (Å²) in [5.41, 5.74) is 0. The van der Waals surface area contributed by atoms with Gasteiger partial charge in [-0.25, -0.2) is 0 Å². The van der Waals surface area contributed by atoms with E-state index in [0.717, 1.165) is 32.1 Å². The van der Waals surface area contributed by atoms with Crippen LogP contribution in [0.2, 0.25) is 0 Å². The summed E-state index contributed by atoms with van der Waals surface area (Å²) in [7, 11) is 0. The lowest BCUT2D eigenvalue weighted by molar-refractivity contribution is -0.154. The van der Waals surface area contributed by atoms with Crippen molar-refractivity contribution in [2.45, 2.75) is 277 Å². The molecule has 4 nitrogen and oxygen atoms in total. The van der Waals surface area contributed by atoms with Crippen LogP contribution in [0.3, 0.4) is 0 Å². The van der Waals surface area contributed by atoms with E-state index in [0.29, 0.717) is 19.6 Å². The highest BCUT2D eigenvalue weighted by Gasteiger charge is 2.13. The molecule has 0 aromatic heterocycles. The number of aliphatic hydroxyl groups is 1. The number of carbonyl (C=O) groups excluding carboxylic acids is 1. The van der Waals surface area contributed by atoms with Gasteiger partial charge in [-0.15, -0.1) is 0 Å². The number of hydrogen-bond acceptors (Lipinski definition) is 4. The fourth-order valence-corrected chi connectivity index (χ4v) is 7.69. The monoisotopic (exact) mass is 827 g/mol. The van der Waals surface area contributed by atoms with Crippen molar-refractivity contribution < 1.29 is 19.4 Å². The summed E-state index contributed by atoms with van der Waals surface area (Å²) < 4.78 is 11.2. The molecule has 0 spiro atoms. The van der Waals surface area contributed by atoms with Crippen LogP contribution in [-0.2, 0) is 14.3 Å². The van der Waals surface area contributed by atoms with Crippen LogP contribution < -0.4 is 0 Å². The van der Waals surface area contributed by atoms with E-state index in [2.05, 4.69) is 62.5 Å². The van der Waals surface area contributed by atoms with Gasteiger partial charge in [0.25, 0.3) is 0 Å². The summed E-state index contributed by atoms with van der Waals surface area (Å²) in [5.74, 6) is -0.201. The molecule has 0 aromatic rings. The molecule has 0 aliphatic heterocycles. The second kappa shape index (κ2) is 52.5. The van der Waals surface area contributed by atoms with E-state index in [1.165, 1.54) is 218 Å². The molecule has 346 valence electrons. The topological polar surface area (TPSA) is 55.8 Å². The van der Waals surface area contributed by atoms with Gasteiger partial charge in [-0.3, -0.25) is 4.79 Å². The minimum absolute atomic E-state index is 0.173. The predicted molar refractivity (Wildman–Crippen MR) is 260 cm³/mol. The Morgan fingerprint density at radius 1 is 0.407 bits per heavy atom. The molecule has 0 amide bonds. The second-order valence-corrected chi connectivity index (χ2v) is 17.6. The average Bonchev–Trinajstić information content (AvgIpc) is 3.24. The Kier molecular flexibility index (Phi) is 51.0.